The fraction of sp³-hybridized carbons (Fsp3) is 0. The summed E-state index contributed by atoms with van der Waals surface area (Å²) in [6.45, 7) is 0. The molecule has 0 unspecified atom stereocenters. The van der Waals surface area contributed by atoms with Gasteiger partial charge in [-0.3, -0.25) is 0 Å². The van der Waals surface area contributed by atoms with Crippen LogP contribution in [0.25, 0.3) is 0 Å². The van der Waals surface area contributed by atoms with Gasteiger partial charge in [0.05, 0.1) is 0 Å². The van der Waals surface area contributed by atoms with Crippen molar-refractivity contribution < 1.29 is 4.52 Å². The summed E-state index contributed by atoms with van der Waals surface area (Å²) in [6.07, 6.45) is 0. The molecule has 8 heteroatoms. The van der Waals surface area contributed by atoms with Crippen LogP contribution in [-0.4, -0.2) is 13.5 Å². The first-order valence-electron chi connectivity index (χ1n) is 3.50. The Balaban J connectivity index is 0.000000980. The van der Waals surface area contributed by atoms with E-state index in [4.69, 9.17) is 4.52 Å². The maximum Gasteiger partial charge on any atom is 0.414 e. The molecule has 0 spiro atoms. The van der Waals surface area contributed by atoms with Gasteiger partial charge in [-0.2, -0.15) is 0 Å². The molecule has 0 amide bonds. The molecule has 1 aromatic carbocycles. The van der Waals surface area contributed by atoms with E-state index >= 15 is 0 Å². The minimum atomic E-state index is -1.02. The highest BCUT2D eigenvalue weighted by molar-refractivity contribution is 7.50. The third-order valence-corrected chi connectivity index (χ3v) is 4.12. The number of benzene rings is 1. The predicted molar refractivity (Wildman–Crippen MR) is 59.5 cm³/mol. The van der Waals surface area contributed by atoms with Crippen LogP contribution < -0.4 is 10.7 Å². The van der Waals surface area contributed by atoms with E-state index in [9.17, 15) is 0 Å². The zero-order valence-corrected chi connectivity index (χ0v) is 9.87. The lowest BCUT2D eigenvalue weighted by Gasteiger charge is -1.94. The van der Waals surface area contributed by atoms with Crippen molar-refractivity contribution in [2.75, 3.05) is 0 Å². The average Bonchev–Trinajstić information content (AvgIpc) is 2.21. The minimum absolute atomic E-state index is 0. The molecule has 3 N–H and O–H groups in total. The first-order chi connectivity index (χ1) is 6.45. The van der Waals surface area contributed by atoms with Crippen LogP contribution in [0.2, 0.25) is 0 Å². The van der Waals surface area contributed by atoms with Crippen LogP contribution in [0, 0.1) is 0 Å². The maximum atomic E-state index is 5.51. The highest BCUT2D eigenvalue weighted by Gasteiger charge is 2.05. The predicted octanol–water partition coefficient (Wildman–Crippen LogP) is 3.30. The van der Waals surface area contributed by atoms with Gasteiger partial charge < -0.3 is 10.7 Å². The van der Waals surface area contributed by atoms with E-state index < -0.39 is 8.08 Å². The Morgan fingerprint density at radius 3 is 2.36 bits per heavy atom. The van der Waals surface area contributed by atoms with E-state index in [0.29, 0.717) is 0 Å². The van der Waals surface area contributed by atoms with E-state index in [-0.39, 0.29) is 6.15 Å². The molecule has 1 heterocycles. The van der Waals surface area contributed by atoms with E-state index in [1.165, 1.54) is 0 Å². The molecule has 14 heavy (non-hydrogen) atoms. The molecule has 0 saturated heterocycles. The standard InChI is InChI=1S/C6H5N3OP3.H3N/c1-2-4-6(5-3-1)10-13-8-11-7-12-9-13;/h1-5H;1H3/q+1;. The summed E-state index contributed by atoms with van der Waals surface area (Å²) in [4.78, 5) is 0. The normalized spacial score (nSPS) is 11.3. The SMILES string of the molecule is N.c1ccc(O[p+]2npnpn2)cc1. The van der Waals surface area contributed by atoms with Crippen LogP contribution in [0.1, 0.15) is 0 Å². The van der Waals surface area contributed by atoms with Gasteiger partial charge in [-0.1, -0.05) is 18.2 Å². The Hall–Kier alpha value is -0.720. The monoisotopic (exact) mass is 245 g/mol. The molecule has 0 atom stereocenters. The van der Waals surface area contributed by atoms with Crippen LogP contribution in [-0.2, 0) is 0 Å². The van der Waals surface area contributed by atoms with Crippen LogP contribution in [0.15, 0.2) is 30.3 Å². The van der Waals surface area contributed by atoms with E-state index in [1.54, 1.807) is 0 Å². The molecular formula is C6H8N4OP3+. The van der Waals surface area contributed by atoms with Gasteiger partial charge in [0.15, 0.2) is 5.75 Å². The van der Waals surface area contributed by atoms with Crippen LogP contribution in [0.5, 0.6) is 5.75 Å². The summed E-state index contributed by atoms with van der Waals surface area (Å²) in [7, 11) is 0.435. The topological polar surface area (TPSA) is 82.9 Å². The smallest absolute Gasteiger partial charge is 0.358 e. The van der Waals surface area contributed by atoms with Gasteiger partial charge in [-0.15, -0.1) is 0 Å². The summed E-state index contributed by atoms with van der Waals surface area (Å²) in [6, 6.07) is 9.59. The van der Waals surface area contributed by atoms with Gasteiger partial charge in [-0.25, -0.2) is 0 Å². The van der Waals surface area contributed by atoms with Crippen LogP contribution >= 0.6 is 25.1 Å². The Labute approximate surface area is 85.9 Å². The Kier molecular flexibility index (Phi) is 4.78. The van der Waals surface area contributed by atoms with Crippen LogP contribution in [0.3, 0.4) is 0 Å². The third kappa shape index (κ3) is 3.21. The van der Waals surface area contributed by atoms with Crippen molar-refractivity contribution in [3.8, 4) is 5.75 Å². The van der Waals surface area contributed by atoms with Gasteiger partial charge in [0, 0.05) is 9.02 Å². The number of rotatable bonds is 2. The lowest BCUT2D eigenvalue weighted by Crippen LogP contribution is -1.80. The van der Waals surface area contributed by atoms with Gasteiger partial charge in [-0.05, 0) is 16.6 Å². The average molecular weight is 245 g/mol. The zero-order valence-electron chi connectivity index (χ0n) is 7.19. The Morgan fingerprint density at radius 1 is 1.07 bits per heavy atom. The maximum absolute atomic E-state index is 5.51. The molecule has 0 aliphatic rings. The molecule has 72 valence electrons. The molecule has 0 bridgehead atoms. The molecule has 1 aromatic heterocycles. The lowest BCUT2D eigenvalue weighted by molar-refractivity contribution is 0.624. The summed E-state index contributed by atoms with van der Waals surface area (Å²) in [5, 5.41) is 0. The molecule has 0 fully saturated rings. The van der Waals surface area contributed by atoms with Gasteiger partial charge >= 0.3 is 25.1 Å². The van der Waals surface area contributed by atoms with Crippen molar-refractivity contribution in [2.45, 2.75) is 0 Å². The second kappa shape index (κ2) is 5.90. The van der Waals surface area contributed by atoms with E-state index in [1.807, 2.05) is 30.3 Å². The van der Waals surface area contributed by atoms with Crippen molar-refractivity contribution >= 4 is 25.1 Å². The fourth-order valence-electron chi connectivity index (χ4n) is 0.752. The fourth-order valence-corrected chi connectivity index (χ4v) is 3.44. The van der Waals surface area contributed by atoms with Crippen molar-refractivity contribution in [3.05, 3.63) is 30.3 Å². The first kappa shape index (κ1) is 11.4. The van der Waals surface area contributed by atoms with Gasteiger partial charge in [0.1, 0.15) is 0 Å². The molecular weight excluding hydrogens is 237 g/mol. The molecule has 2 aromatic rings. The second-order valence-electron chi connectivity index (χ2n) is 2.10. The first-order valence-corrected chi connectivity index (χ1v) is 6.26. The summed E-state index contributed by atoms with van der Waals surface area (Å²) in [5.41, 5.74) is 0. The number of nitrogens with zero attached hydrogens (tertiary/aromatic N) is 3. The largest absolute Gasteiger partial charge is 0.414 e. The van der Waals surface area contributed by atoms with Crippen molar-refractivity contribution in [1.29, 1.82) is 0 Å². The van der Waals surface area contributed by atoms with Crippen molar-refractivity contribution in [1.82, 2.24) is 19.7 Å². The quantitative estimate of drug-likeness (QED) is 0.877. The van der Waals surface area contributed by atoms with Gasteiger partial charge in [0.25, 0.3) is 0 Å². The lowest BCUT2D eigenvalue weighted by atomic mass is 10.3. The molecule has 0 aliphatic heterocycles. The van der Waals surface area contributed by atoms with E-state index in [2.05, 4.69) is 13.5 Å². The van der Waals surface area contributed by atoms with Gasteiger partial charge in [0.2, 0.25) is 0 Å². The van der Waals surface area contributed by atoms with Crippen LogP contribution in [0.4, 0.5) is 0 Å². The summed E-state index contributed by atoms with van der Waals surface area (Å²) < 4.78 is 17.6. The molecule has 0 radical (unpaired) electrons. The summed E-state index contributed by atoms with van der Waals surface area (Å²) >= 11 is 0. The summed E-state index contributed by atoms with van der Waals surface area (Å²) in [5.74, 6) is 0.813. The van der Waals surface area contributed by atoms with E-state index in [0.717, 1.165) is 22.8 Å². The number of para-hydroxylation sites is 1. The second-order valence-corrected chi connectivity index (χ2v) is 5.30. The molecule has 5 nitrogen and oxygen atoms in total. The highest BCUT2D eigenvalue weighted by Crippen LogP contribution is 2.26. The number of hydrogen-bond acceptors (Lipinski definition) is 5. The third-order valence-electron chi connectivity index (χ3n) is 1.24. The Morgan fingerprint density at radius 2 is 1.71 bits per heavy atom. The molecule has 0 aliphatic carbocycles. The molecule has 2 rings (SSSR count). The Bertz CT molecular complexity index is 336. The highest BCUT2D eigenvalue weighted by atomic mass is 31.2. The number of hydrogen-bond donors (Lipinski definition) is 1. The zero-order chi connectivity index (χ0) is 8.93. The van der Waals surface area contributed by atoms with Crippen molar-refractivity contribution in [2.24, 2.45) is 0 Å². The van der Waals surface area contributed by atoms with Crippen molar-refractivity contribution in [3.63, 3.8) is 0 Å². The minimum Gasteiger partial charge on any atom is -0.358 e. The molecule has 0 saturated carbocycles. The number of aromatic nitrogens is 3.